The average Bonchev–Trinajstić information content (AvgIpc) is 2.66. The molecule has 0 aromatic carbocycles. The second kappa shape index (κ2) is 3.71. The van der Waals surface area contributed by atoms with E-state index in [0.29, 0.717) is 4.77 Å². The maximum Gasteiger partial charge on any atom is 0.197 e. The third kappa shape index (κ3) is 1.72. The van der Waals surface area contributed by atoms with Gasteiger partial charge in [-0.15, -0.1) is 0 Å². The fraction of sp³-hybridized carbons (Fsp3) is 0.222. The van der Waals surface area contributed by atoms with Gasteiger partial charge in [0.25, 0.3) is 0 Å². The predicted molar refractivity (Wildman–Crippen MR) is 56.3 cm³/mol. The van der Waals surface area contributed by atoms with Crippen LogP contribution in [0.2, 0.25) is 0 Å². The molecule has 2 heterocycles. The number of aromatic nitrogens is 4. The van der Waals surface area contributed by atoms with Crippen molar-refractivity contribution in [2.75, 3.05) is 0 Å². The van der Waals surface area contributed by atoms with Crippen LogP contribution in [0.3, 0.4) is 0 Å². The van der Waals surface area contributed by atoms with Crippen LogP contribution in [-0.2, 0) is 6.54 Å². The fourth-order valence-electron chi connectivity index (χ4n) is 1.21. The zero-order chi connectivity index (χ0) is 9.97. The van der Waals surface area contributed by atoms with Gasteiger partial charge in [0.05, 0.1) is 11.9 Å². The molecule has 0 aliphatic heterocycles. The molecule has 2 rings (SSSR count). The number of nitrogens with zero attached hydrogens (tertiary/aromatic N) is 3. The monoisotopic (exact) mass is 206 g/mol. The van der Waals surface area contributed by atoms with Crippen LogP contribution in [0.1, 0.15) is 6.92 Å². The lowest BCUT2D eigenvalue weighted by molar-refractivity contribution is 0.660. The van der Waals surface area contributed by atoms with Crippen molar-refractivity contribution in [1.82, 2.24) is 19.7 Å². The zero-order valence-electron chi connectivity index (χ0n) is 7.77. The molecule has 1 N–H and O–H groups in total. The van der Waals surface area contributed by atoms with Crippen LogP contribution in [0.4, 0.5) is 0 Å². The first-order valence-corrected chi connectivity index (χ1v) is 4.78. The molecule has 0 aliphatic carbocycles. The fourth-order valence-corrected chi connectivity index (χ4v) is 1.38. The van der Waals surface area contributed by atoms with Crippen molar-refractivity contribution in [1.29, 1.82) is 0 Å². The van der Waals surface area contributed by atoms with Crippen molar-refractivity contribution in [3.8, 4) is 11.3 Å². The van der Waals surface area contributed by atoms with E-state index in [2.05, 4.69) is 15.1 Å². The summed E-state index contributed by atoms with van der Waals surface area (Å²) >= 11 is 4.94. The summed E-state index contributed by atoms with van der Waals surface area (Å²) in [4.78, 5) is 6.94. The van der Waals surface area contributed by atoms with E-state index in [9.17, 15) is 0 Å². The third-order valence-corrected chi connectivity index (χ3v) is 2.15. The summed E-state index contributed by atoms with van der Waals surface area (Å²) in [6, 6.07) is 1.88. The lowest BCUT2D eigenvalue weighted by atomic mass is 10.2. The van der Waals surface area contributed by atoms with Gasteiger partial charge in [0, 0.05) is 24.5 Å². The number of H-pyrrole nitrogens is 1. The Morgan fingerprint density at radius 1 is 1.57 bits per heavy atom. The number of aryl methyl sites for hydroxylation is 1. The highest BCUT2D eigenvalue weighted by Crippen LogP contribution is 2.14. The van der Waals surface area contributed by atoms with Crippen LogP contribution in [0.25, 0.3) is 11.3 Å². The van der Waals surface area contributed by atoms with E-state index in [0.717, 1.165) is 17.8 Å². The number of aromatic amines is 1. The molecule has 0 saturated carbocycles. The van der Waals surface area contributed by atoms with E-state index in [1.54, 1.807) is 6.20 Å². The minimum absolute atomic E-state index is 0.492. The van der Waals surface area contributed by atoms with Crippen LogP contribution in [-0.4, -0.2) is 19.7 Å². The summed E-state index contributed by atoms with van der Waals surface area (Å²) in [5, 5.41) is 4.18. The molecule has 0 bridgehead atoms. The van der Waals surface area contributed by atoms with Crippen LogP contribution in [0.15, 0.2) is 24.7 Å². The maximum absolute atomic E-state index is 4.94. The Balaban J connectivity index is 2.44. The van der Waals surface area contributed by atoms with Gasteiger partial charge in [0.2, 0.25) is 0 Å². The van der Waals surface area contributed by atoms with E-state index in [4.69, 9.17) is 12.2 Å². The molecule has 2 aromatic rings. The van der Waals surface area contributed by atoms with Gasteiger partial charge >= 0.3 is 0 Å². The van der Waals surface area contributed by atoms with Crippen molar-refractivity contribution in [2.24, 2.45) is 0 Å². The summed E-state index contributed by atoms with van der Waals surface area (Å²) in [6.07, 6.45) is 5.47. The van der Waals surface area contributed by atoms with Crippen molar-refractivity contribution < 1.29 is 0 Å². The Kier molecular flexibility index (Phi) is 2.41. The van der Waals surface area contributed by atoms with E-state index >= 15 is 0 Å². The minimum atomic E-state index is 0.492. The molecular weight excluding hydrogens is 196 g/mol. The second-order valence-corrected chi connectivity index (χ2v) is 3.26. The van der Waals surface area contributed by atoms with Gasteiger partial charge in [-0.2, -0.15) is 5.10 Å². The summed E-state index contributed by atoms with van der Waals surface area (Å²) in [5.41, 5.74) is 1.98. The molecule has 0 amide bonds. The Labute approximate surface area is 86.6 Å². The normalized spacial score (nSPS) is 10.4. The summed E-state index contributed by atoms with van der Waals surface area (Å²) in [6.45, 7) is 2.91. The lowest BCUT2D eigenvalue weighted by Crippen LogP contribution is -1.92. The first-order valence-electron chi connectivity index (χ1n) is 4.38. The summed E-state index contributed by atoms with van der Waals surface area (Å²) < 4.78 is 2.36. The molecule has 14 heavy (non-hydrogen) atoms. The smallest absolute Gasteiger partial charge is 0.197 e. The molecule has 0 saturated heterocycles. The first-order chi connectivity index (χ1) is 6.79. The zero-order valence-corrected chi connectivity index (χ0v) is 8.58. The molecule has 72 valence electrons. The van der Waals surface area contributed by atoms with Gasteiger partial charge < -0.3 is 4.98 Å². The Morgan fingerprint density at radius 2 is 2.43 bits per heavy atom. The number of hydrogen-bond acceptors (Lipinski definition) is 3. The molecule has 0 aliphatic rings. The predicted octanol–water partition coefficient (Wildman–Crippen LogP) is 2.02. The number of nitrogens with one attached hydrogen (secondary N) is 1. The molecule has 0 atom stereocenters. The Hall–Kier alpha value is -1.49. The Bertz CT molecular complexity index is 485. The standard InChI is InChI=1S/C9H10N4S/c1-2-13-6-7(5-11-13)8-3-4-10-9(14)12-8/h3-6H,2H2,1H3,(H,10,12,14). The highest BCUT2D eigenvalue weighted by atomic mass is 32.1. The van der Waals surface area contributed by atoms with E-state index in [-0.39, 0.29) is 0 Å². The van der Waals surface area contributed by atoms with E-state index in [1.807, 2.05) is 30.1 Å². The average molecular weight is 206 g/mol. The van der Waals surface area contributed by atoms with Crippen molar-refractivity contribution in [2.45, 2.75) is 13.5 Å². The van der Waals surface area contributed by atoms with Gasteiger partial charge in [-0.05, 0) is 25.2 Å². The molecular formula is C9H10N4S. The molecule has 0 spiro atoms. The first kappa shape index (κ1) is 9.08. The highest BCUT2D eigenvalue weighted by molar-refractivity contribution is 7.71. The topological polar surface area (TPSA) is 46.5 Å². The molecule has 0 radical (unpaired) electrons. The molecule has 5 heteroatoms. The Morgan fingerprint density at radius 3 is 3.07 bits per heavy atom. The highest BCUT2D eigenvalue weighted by Gasteiger charge is 2.00. The van der Waals surface area contributed by atoms with E-state index in [1.165, 1.54) is 0 Å². The van der Waals surface area contributed by atoms with Crippen LogP contribution in [0, 0.1) is 4.77 Å². The van der Waals surface area contributed by atoms with Gasteiger partial charge in [0.1, 0.15) is 0 Å². The molecule has 0 fully saturated rings. The SMILES string of the molecule is CCn1cc(-c2ccnc(=S)[nH]2)cn1. The minimum Gasteiger partial charge on any atom is -0.330 e. The summed E-state index contributed by atoms with van der Waals surface area (Å²) in [7, 11) is 0. The van der Waals surface area contributed by atoms with Crippen LogP contribution < -0.4 is 0 Å². The quantitative estimate of drug-likeness (QED) is 0.765. The van der Waals surface area contributed by atoms with Gasteiger partial charge in [0.15, 0.2) is 4.77 Å². The summed E-state index contributed by atoms with van der Waals surface area (Å²) in [5.74, 6) is 0. The number of rotatable bonds is 2. The second-order valence-electron chi connectivity index (χ2n) is 2.87. The number of hydrogen-bond donors (Lipinski definition) is 1. The van der Waals surface area contributed by atoms with Crippen LogP contribution in [0.5, 0.6) is 0 Å². The molecule has 2 aromatic heterocycles. The van der Waals surface area contributed by atoms with Gasteiger partial charge in [-0.3, -0.25) is 4.68 Å². The third-order valence-electron chi connectivity index (χ3n) is 1.94. The molecule has 0 unspecified atom stereocenters. The van der Waals surface area contributed by atoms with Crippen LogP contribution >= 0.6 is 12.2 Å². The molecule has 4 nitrogen and oxygen atoms in total. The largest absolute Gasteiger partial charge is 0.330 e. The lowest BCUT2D eigenvalue weighted by Gasteiger charge is -1.95. The van der Waals surface area contributed by atoms with Gasteiger partial charge in [-0.25, -0.2) is 4.98 Å². The van der Waals surface area contributed by atoms with E-state index < -0.39 is 0 Å². The van der Waals surface area contributed by atoms with Crippen molar-refractivity contribution >= 4 is 12.2 Å². The van der Waals surface area contributed by atoms with Crippen molar-refractivity contribution in [3.63, 3.8) is 0 Å². The maximum atomic E-state index is 4.94. The van der Waals surface area contributed by atoms with Crippen molar-refractivity contribution in [3.05, 3.63) is 29.4 Å². The van der Waals surface area contributed by atoms with Gasteiger partial charge in [-0.1, -0.05) is 0 Å².